The zero-order chi connectivity index (χ0) is 11.5. The lowest BCUT2D eigenvalue weighted by Crippen LogP contribution is -2.10. The van der Waals surface area contributed by atoms with E-state index in [2.05, 4.69) is 21.9 Å². The van der Waals surface area contributed by atoms with Gasteiger partial charge in [0.05, 0.1) is 5.52 Å². The number of H-pyrrole nitrogens is 1. The Bertz CT molecular complexity index is 469. The van der Waals surface area contributed by atoms with Crippen LogP contribution in [-0.2, 0) is 0 Å². The summed E-state index contributed by atoms with van der Waals surface area (Å²) in [6.07, 6.45) is 5.72. The molecule has 1 aliphatic carbocycles. The van der Waals surface area contributed by atoms with Crippen molar-refractivity contribution in [3.8, 4) is 0 Å². The normalized spacial score (nSPS) is 15.4. The lowest BCUT2D eigenvalue weighted by molar-refractivity contribution is 0.404. The molecule has 86 valence electrons. The van der Waals surface area contributed by atoms with E-state index >= 15 is 0 Å². The fourth-order valence-electron chi connectivity index (χ4n) is 1.93. The van der Waals surface area contributed by atoms with Gasteiger partial charge in [-0.15, -0.1) is 0 Å². The summed E-state index contributed by atoms with van der Waals surface area (Å²) >= 11 is 0. The summed E-state index contributed by atoms with van der Waals surface area (Å²) in [6, 6.07) is 2.02. The van der Waals surface area contributed by atoms with Crippen molar-refractivity contribution in [2.24, 2.45) is 0 Å². The first-order valence-corrected chi connectivity index (χ1v) is 6.16. The molecule has 1 aliphatic rings. The molecule has 0 aromatic carbocycles. The molecule has 2 aromatic heterocycles. The van der Waals surface area contributed by atoms with Crippen molar-refractivity contribution < 1.29 is 0 Å². The SMILES string of the molecule is CC.Cc1ccnc2nc(C3CCC3)[nH]c12. The van der Waals surface area contributed by atoms with E-state index in [9.17, 15) is 0 Å². The average molecular weight is 217 g/mol. The third kappa shape index (κ3) is 1.82. The van der Waals surface area contributed by atoms with Crippen LogP contribution >= 0.6 is 0 Å². The molecule has 0 spiro atoms. The van der Waals surface area contributed by atoms with Gasteiger partial charge in [0.25, 0.3) is 0 Å². The number of nitrogens with one attached hydrogen (secondary N) is 1. The molecule has 0 radical (unpaired) electrons. The monoisotopic (exact) mass is 217 g/mol. The summed E-state index contributed by atoms with van der Waals surface area (Å²) in [6.45, 7) is 6.09. The first-order valence-electron chi connectivity index (χ1n) is 6.16. The van der Waals surface area contributed by atoms with Gasteiger partial charge < -0.3 is 4.98 Å². The first kappa shape index (κ1) is 11.1. The summed E-state index contributed by atoms with van der Waals surface area (Å²) in [5.41, 5.74) is 3.20. The van der Waals surface area contributed by atoms with Crippen molar-refractivity contribution in [2.45, 2.75) is 46.0 Å². The van der Waals surface area contributed by atoms with Gasteiger partial charge in [-0.05, 0) is 31.4 Å². The lowest BCUT2D eigenvalue weighted by atomic mass is 9.85. The highest BCUT2D eigenvalue weighted by Crippen LogP contribution is 2.35. The second kappa shape index (κ2) is 4.64. The fourth-order valence-corrected chi connectivity index (χ4v) is 1.93. The number of fused-ring (bicyclic) bond motifs is 1. The first-order chi connectivity index (χ1) is 7.84. The number of aryl methyl sites for hydroxylation is 1. The van der Waals surface area contributed by atoms with Gasteiger partial charge in [-0.3, -0.25) is 0 Å². The van der Waals surface area contributed by atoms with Crippen molar-refractivity contribution in [2.75, 3.05) is 0 Å². The zero-order valence-electron chi connectivity index (χ0n) is 10.2. The molecule has 0 unspecified atom stereocenters. The molecule has 16 heavy (non-hydrogen) atoms. The van der Waals surface area contributed by atoms with Gasteiger partial charge in [-0.1, -0.05) is 20.3 Å². The largest absolute Gasteiger partial charge is 0.340 e. The minimum atomic E-state index is 0.656. The number of hydrogen-bond donors (Lipinski definition) is 1. The Morgan fingerprint density at radius 2 is 2.06 bits per heavy atom. The molecular formula is C13H19N3. The third-order valence-electron chi connectivity index (χ3n) is 3.11. The van der Waals surface area contributed by atoms with Gasteiger partial charge in [-0.2, -0.15) is 0 Å². The molecule has 2 aromatic rings. The highest BCUT2D eigenvalue weighted by Gasteiger charge is 2.22. The van der Waals surface area contributed by atoms with E-state index in [1.807, 2.05) is 26.1 Å². The Kier molecular flexibility index (Phi) is 3.22. The summed E-state index contributed by atoms with van der Waals surface area (Å²) in [5, 5.41) is 0. The maximum absolute atomic E-state index is 4.53. The molecular weight excluding hydrogens is 198 g/mol. The smallest absolute Gasteiger partial charge is 0.177 e. The predicted molar refractivity (Wildman–Crippen MR) is 66.6 cm³/mol. The lowest BCUT2D eigenvalue weighted by Gasteiger charge is -2.22. The van der Waals surface area contributed by atoms with E-state index in [-0.39, 0.29) is 0 Å². The second-order valence-electron chi connectivity index (χ2n) is 4.08. The van der Waals surface area contributed by atoms with Gasteiger partial charge in [-0.25, -0.2) is 9.97 Å². The van der Waals surface area contributed by atoms with Crippen LogP contribution in [0.1, 0.15) is 50.4 Å². The van der Waals surface area contributed by atoms with Crippen LogP contribution in [0.5, 0.6) is 0 Å². The van der Waals surface area contributed by atoms with Crippen molar-refractivity contribution >= 4 is 11.2 Å². The highest BCUT2D eigenvalue weighted by atomic mass is 15.0. The highest BCUT2D eigenvalue weighted by molar-refractivity contribution is 5.74. The Labute approximate surface area is 96.3 Å². The number of pyridine rings is 1. The number of hydrogen-bond acceptors (Lipinski definition) is 2. The van der Waals surface area contributed by atoms with E-state index in [1.165, 1.54) is 24.8 Å². The van der Waals surface area contributed by atoms with Crippen molar-refractivity contribution in [1.82, 2.24) is 15.0 Å². The van der Waals surface area contributed by atoms with Gasteiger partial charge in [0, 0.05) is 12.1 Å². The summed E-state index contributed by atoms with van der Waals surface area (Å²) < 4.78 is 0. The number of aromatic nitrogens is 3. The van der Waals surface area contributed by atoms with Crippen LogP contribution in [0.2, 0.25) is 0 Å². The van der Waals surface area contributed by atoms with Crippen LogP contribution < -0.4 is 0 Å². The Morgan fingerprint density at radius 1 is 1.31 bits per heavy atom. The van der Waals surface area contributed by atoms with Crippen LogP contribution in [0.3, 0.4) is 0 Å². The molecule has 2 heterocycles. The molecule has 1 N–H and O–H groups in total. The van der Waals surface area contributed by atoms with Gasteiger partial charge in [0.2, 0.25) is 0 Å². The van der Waals surface area contributed by atoms with Crippen LogP contribution in [-0.4, -0.2) is 15.0 Å². The fraction of sp³-hybridized carbons (Fsp3) is 0.538. The number of aromatic amines is 1. The van der Waals surface area contributed by atoms with E-state index in [0.717, 1.165) is 17.0 Å². The van der Waals surface area contributed by atoms with E-state index in [1.54, 1.807) is 0 Å². The van der Waals surface area contributed by atoms with E-state index in [0.29, 0.717) is 5.92 Å². The van der Waals surface area contributed by atoms with Crippen LogP contribution in [0.15, 0.2) is 12.3 Å². The molecule has 3 rings (SSSR count). The molecule has 3 nitrogen and oxygen atoms in total. The second-order valence-corrected chi connectivity index (χ2v) is 4.08. The van der Waals surface area contributed by atoms with Crippen molar-refractivity contribution in [3.05, 3.63) is 23.7 Å². The average Bonchev–Trinajstić information content (AvgIpc) is 2.63. The molecule has 0 amide bonds. The quantitative estimate of drug-likeness (QED) is 0.793. The number of rotatable bonds is 1. The standard InChI is InChI=1S/C11H13N3.C2H6/c1-7-5-6-12-11-9(7)13-10(14-11)8-3-2-4-8;1-2/h5-6,8H,2-4H2,1H3,(H,12,13,14);1-2H3. The minimum absolute atomic E-state index is 0.656. The number of imidazole rings is 1. The van der Waals surface area contributed by atoms with Crippen LogP contribution in [0.25, 0.3) is 11.2 Å². The van der Waals surface area contributed by atoms with Gasteiger partial charge in [0.15, 0.2) is 5.65 Å². The third-order valence-corrected chi connectivity index (χ3v) is 3.11. The summed E-state index contributed by atoms with van der Waals surface area (Å²) in [4.78, 5) is 12.2. The predicted octanol–water partition coefficient (Wildman–Crippen LogP) is 3.56. The Morgan fingerprint density at radius 3 is 2.62 bits per heavy atom. The van der Waals surface area contributed by atoms with Gasteiger partial charge >= 0.3 is 0 Å². The molecule has 0 aliphatic heterocycles. The topological polar surface area (TPSA) is 41.6 Å². The molecule has 3 heteroatoms. The maximum atomic E-state index is 4.53. The maximum Gasteiger partial charge on any atom is 0.177 e. The van der Waals surface area contributed by atoms with Crippen molar-refractivity contribution in [3.63, 3.8) is 0 Å². The minimum Gasteiger partial charge on any atom is -0.340 e. The molecule has 1 saturated carbocycles. The summed E-state index contributed by atoms with van der Waals surface area (Å²) in [7, 11) is 0. The van der Waals surface area contributed by atoms with Crippen LogP contribution in [0.4, 0.5) is 0 Å². The van der Waals surface area contributed by atoms with E-state index < -0.39 is 0 Å². The van der Waals surface area contributed by atoms with E-state index in [4.69, 9.17) is 0 Å². The molecule has 0 atom stereocenters. The van der Waals surface area contributed by atoms with Gasteiger partial charge in [0.1, 0.15) is 5.82 Å². The summed E-state index contributed by atoms with van der Waals surface area (Å²) in [5.74, 6) is 1.79. The van der Waals surface area contributed by atoms with Crippen LogP contribution in [0, 0.1) is 6.92 Å². The molecule has 0 saturated heterocycles. The Hall–Kier alpha value is -1.38. The zero-order valence-corrected chi connectivity index (χ0v) is 10.2. The van der Waals surface area contributed by atoms with Crippen molar-refractivity contribution in [1.29, 1.82) is 0 Å². The molecule has 0 bridgehead atoms. The Balaban J connectivity index is 0.000000457. The number of nitrogens with zero attached hydrogens (tertiary/aromatic N) is 2. The molecule has 1 fully saturated rings.